The second-order valence-corrected chi connectivity index (χ2v) is 16.0. The number of rotatable bonds is 14. The van der Waals surface area contributed by atoms with Gasteiger partial charge in [0.2, 0.25) is 5.91 Å². The SMILES string of the molecule is CCCc1nc2c(C)cc(COc3ccc4nc(COc5ccc(CC6SC(=O)NC6=O)cc5)n(C)c4c3)cc2n1Cc1ccc(-c2ccccc2)c(C2N=NNN2)c1. The zero-order valence-electron chi connectivity index (χ0n) is 32.9. The van der Waals surface area contributed by atoms with Crippen LogP contribution >= 0.6 is 11.8 Å². The molecule has 0 bridgehead atoms. The Balaban J connectivity index is 0.909. The van der Waals surface area contributed by atoms with Crippen LogP contribution in [0.15, 0.2) is 113 Å². The third-order valence-corrected chi connectivity index (χ3v) is 11.7. The predicted molar refractivity (Wildman–Crippen MR) is 228 cm³/mol. The maximum atomic E-state index is 12.0. The van der Waals surface area contributed by atoms with Crippen LogP contribution < -0.4 is 25.8 Å². The Hall–Kier alpha value is -6.51. The summed E-state index contributed by atoms with van der Waals surface area (Å²) in [6.45, 7) is 5.64. The van der Waals surface area contributed by atoms with Crippen LogP contribution in [-0.4, -0.2) is 35.5 Å². The number of aryl methyl sites for hydroxylation is 3. The molecule has 0 saturated carbocycles. The van der Waals surface area contributed by atoms with E-state index < -0.39 is 5.25 Å². The average Bonchev–Trinajstić information content (AvgIpc) is 4.04. The third-order valence-electron chi connectivity index (χ3n) is 10.7. The van der Waals surface area contributed by atoms with Crippen LogP contribution in [0.25, 0.3) is 33.2 Å². The predicted octanol–water partition coefficient (Wildman–Crippen LogP) is 8.42. The standard InChI is InChI=1S/C45H43N9O4S/c1-4-8-40-47-42-27(2)19-30(21-38(42)54(40)24-29-13-17-34(31-9-6-5-7-10-31)35(20-29)43-49-51-52-50-43)25-57-33-16-18-36-37(23-33)53(3)41(46-36)26-58-32-14-11-28(12-15-32)22-39-44(55)48-45(56)59-39/h5-7,9-21,23,39,43H,4,8,22,24-26H2,1-3H3,(H,49,52)(H,50,51)(H,48,55,56). The monoisotopic (exact) mass is 805 g/mol. The van der Waals surface area contributed by atoms with E-state index >= 15 is 0 Å². The van der Waals surface area contributed by atoms with E-state index in [-0.39, 0.29) is 23.9 Å². The first-order chi connectivity index (χ1) is 28.8. The number of hydrazine groups is 1. The highest BCUT2D eigenvalue weighted by Crippen LogP contribution is 2.33. The second-order valence-electron chi connectivity index (χ2n) is 14.9. The van der Waals surface area contributed by atoms with Gasteiger partial charge in [-0.3, -0.25) is 14.9 Å². The number of carbonyl (C=O) groups is 2. The van der Waals surface area contributed by atoms with E-state index in [1.54, 1.807) is 0 Å². The molecule has 2 unspecified atom stereocenters. The van der Waals surface area contributed by atoms with Gasteiger partial charge in [0.05, 0.1) is 27.3 Å². The number of aromatic nitrogens is 4. The molecule has 1 fully saturated rings. The van der Waals surface area contributed by atoms with E-state index in [4.69, 9.17) is 19.4 Å². The molecule has 2 aliphatic heterocycles. The highest BCUT2D eigenvalue weighted by Gasteiger charge is 2.31. The number of carbonyl (C=O) groups excluding carboxylic acids is 2. The first-order valence-electron chi connectivity index (χ1n) is 19.7. The number of hydrogen-bond acceptors (Lipinski definition) is 11. The maximum absolute atomic E-state index is 12.0. The largest absolute Gasteiger partial charge is 0.489 e. The number of nitrogens with zero attached hydrogens (tertiary/aromatic N) is 6. The van der Waals surface area contributed by atoms with E-state index in [2.05, 4.69) is 99.6 Å². The topological polar surface area (TPSA) is 149 Å². The van der Waals surface area contributed by atoms with Crippen molar-refractivity contribution in [1.82, 2.24) is 35.4 Å². The molecule has 4 heterocycles. The minimum atomic E-state index is -0.402. The Morgan fingerprint density at radius 1 is 0.797 bits per heavy atom. The normalized spacial score (nSPS) is 16.3. The summed E-state index contributed by atoms with van der Waals surface area (Å²) < 4.78 is 16.9. The molecule has 2 aromatic heterocycles. The summed E-state index contributed by atoms with van der Waals surface area (Å²) in [5, 5.41) is 10.0. The fraction of sp³-hybridized carbons (Fsp3) is 0.244. The molecule has 2 amide bonds. The summed E-state index contributed by atoms with van der Waals surface area (Å²) in [6.07, 6.45) is 2.04. The second kappa shape index (κ2) is 16.4. The lowest BCUT2D eigenvalue weighted by Gasteiger charge is -2.16. The van der Waals surface area contributed by atoms with Crippen molar-refractivity contribution in [2.24, 2.45) is 17.4 Å². The van der Waals surface area contributed by atoms with Crippen molar-refractivity contribution in [2.75, 3.05) is 0 Å². The van der Waals surface area contributed by atoms with E-state index in [1.165, 1.54) is 0 Å². The number of thioether (sulfide) groups is 1. The Labute approximate surface area is 345 Å². The number of fused-ring (bicyclic) bond motifs is 2. The summed E-state index contributed by atoms with van der Waals surface area (Å²) in [5.41, 5.74) is 17.4. The Bertz CT molecular complexity index is 2730. The van der Waals surface area contributed by atoms with Crippen LogP contribution in [0.1, 0.15) is 59.0 Å². The Morgan fingerprint density at radius 3 is 2.36 bits per heavy atom. The number of imidazole rings is 2. The fourth-order valence-electron chi connectivity index (χ4n) is 7.75. The van der Waals surface area contributed by atoms with Gasteiger partial charge < -0.3 is 18.6 Å². The van der Waals surface area contributed by atoms with Gasteiger partial charge in [-0.15, -0.1) is 5.11 Å². The van der Waals surface area contributed by atoms with Crippen LogP contribution in [0.4, 0.5) is 4.79 Å². The summed E-state index contributed by atoms with van der Waals surface area (Å²) in [5.74, 6) is 3.03. The molecule has 13 nitrogen and oxygen atoms in total. The van der Waals surface area contributed by atoms with Crippen LogP contribution in [-0.2, 0) is 44.4 Å². The van der Waals surface area contributed by atoms with Crippen molar-refractivity contribution < 1.29 is 19.1 Å². The van der Waals surface area contributed by atoms with Gasteiger partial charge in [-0.05, 0) is 89.5 Å². The molecule has 3 N–H and O–H groups in total. The van der Waals surface area contributed by atoms with Gasteiger partial charge in [-0.25, -0.2) is 15.5 Å². The molecule has 9 rings (SSSR count). The number of hydrogen-bond donors (Lipinski definition) is 3. The van der Waals surface area contributed by atoms with Crippen LogP contribution in [0.2, 0.25) is 0 Å². The molecule has 0 radical (unpaired) electrons. The zero-order valence-corrected chi connectivity index (χ0v) is 33.8. The third kappa shape index (κ3) is 8.01. The van der Waals surface area contributed by atoms with Crippen molar-refractivity contribution in [2.45, 2.75) is 64.3 Å². The quantitative estimate of drug-likeness (QED) is 0.0985. The Morgan fingerprint density at radius 2 is 1.59 bits per heavy atom. The fourth-order valence-corrected chi connectivity index (χ4v) is 8.61. The van der Waals surface area contributed by atoms with E-state index in [0.29, 0.717) is 25.3 Å². The van der Waals surface area contributed by atoms with Crippen molar-refractivity contribution in [3.63, 3.8) is 0 Å². The lowest BCUT2D eigenvalue weighted by molar-refractivity contribution is -0.118. The van der Waals surface area contributed by atoms with E-state index in [9.17, 15) is 9.59 Å². The number of nitrogens with one attached hydrogen (secondary N) is 3. The molecule has 59 heavy (non-hydrogen) atoms. The van der Waals surface area contributed by atoms with Gasteiger partial charge in [0.1, 0.15) is 36.4 Å². The minimum Gasteiger partial charge on any atom is -0.489 e. The Kier molecular flexibility index (Phi) is 10.6. The van der Waals surface area contributed by atoms with Crippen LogP contribution in [0, 0.1) is 6.92 Å². The number of imide groups is 1. The highest BCUT2D eigenvalue weighted by molar-refractivity contribution is 8.15. The lowest BCUT2D eigenvalue weighted by atomic mass is 9.96. The molecule has 5 aromatic carbocycles. The average molecular weight is 806 g/mol. The first-order valence-corrected chi connectivity index (χ1v) is 20.6. The van der Waals surface area contributed by atoms with E-state index in [0.717, 1.165) is 103 Å². The first kappa shape index (κ1) is 38.0. The zero-order chi connectivity index (χ0) is 40.5. The summed E-state index contributed by atoms with van der Waals surface area (Å²) in [7, 11) is 1.97. The van der Waals surface area contributed by atoms with Gasteiger partial charge >= 0.3 is 0 Å². The number of amides is 2. The van der Waals surface area contributed by atoms with E-state index in [1.807, 2.05) is 60.1 Å². The van der Waals surface area contributed by atoms with Gasteiger partial charge in [0, 0.05) is 31.6 Å². The molecule has 2 atom stereocenters. The summed E-state index contributed by atoms with van der Waals surface area (Å²) >= 11 is 1.03. The van der Waals surface area contributed by atoms with Gasteiger partial charge in [0.15, 0.2) is 6.17 Å². The summed E-state index contributed by atoms with van der Waals surface area (Å²) in [6, 6.07) is 34.9. The van der Waals surface area contributed by atoms with Gasteiger partial charge in [-0.1, -0.05) is 84.6 Å². The minimum absolute atomic E-state index is 0.242. The van der Waals surface area contributed by atoms with Crippen molar-refractivity contribution in [3.8, 4) is 22.6 Å². The van der Waals surface area contributed by atoms with Crippen molar-refractivity contribution in [3.05, 3.63) is 143 Å². The smallest absolute Gasteiger partial charge is 0.286 e. The molecule has 1 saturated heterocycles. The van der Waals surface area contributed by atoms with Gasteiger partial charge in [-0.2, -0.15) is 5.43 Å². The maximum Gasteiger partial charge on any atom is 0.286 e. The molecule has 0 aliphatic carbocycles. The number of ether oxygens (including phenoxy) is 2. The molecule has 14 heteroatoms. The van der Waals surface area contributed by atoms with Crippen molar-refractivity contribution in [1.29, 1.82) is 0 Å². The van der Waals surface area contributed by atoms with Crippen LogP contribution in [0.3, 0.4) is 0 Å². The molecular weight excluding hydrogens is 763 g/mol. The molecule has 2 aliphatic rings. The molecule has 0 spiro atoms. The van der Waals surface area contributed by atoms with Crippen molar-refractivity contribution >= 4 is 45.0 Å². The molecule has 298 valence electrons. The summed E-state index contributed by atoms with van der Waals surface area (Å²) in [4.78, 5) is 33.4. The molecular formula is C45H43N9O4S. The van der Waals surface area contributed by atoms with Gasteiger partial charge in [0.25, 0.3) is 5.24 Å². The lowest BCUT2D eigenvalue weighted by Crippen LogP contribution is -2.25. The highest BCUT2D eigenvalue weighted by atomic mass is 32.2. The number of benzene rings is 5. The van der Waals surface area contributed by atoms with Crippen LogP contribution in [0.5, 0.6) is 11.5 Å². The molecule has 7 aromatic rings.